The summed E-state index contributed by atoms with van der Waals surface area (Å²) < 4.78 is 26.7. The van der Waals surface area contributed by atoms with Crippen LogP contribution in [0, 0.1) is 17.6 Å². The number of halogens is 2. The second kappa shape index (κ2) is 4.89. The number of amides is 1. The molecule has 1 aromatic rings. The van der Waals surface area contributed by atoms with Crippen molar-refractivity contribution in [3.8, 4) is 0 Å². The first-order valence-electron chi connectivity index (χ1n) is 6.60. The minimum Gasteiger partial charge on any atom is -0.338 e. The van der Waals surface area contributed by atoms with Crippen molar-refractivity contribution < 1.29 is 13.6 Å². The van der Waals surface area contributed by atoms with Crippen LogP contribution in [0.5, 0.6) is 0 Å². The van der Waals surface area contributed by atoms with Gasteiger partial charge in [0.15, 0.2) is 11.6 Å². The Hall–Kier alpha value is -1.49. The van der Waals surface area contributed by atoms with Crippen molar-refractivity contribution in [2.24, 2.45) is 5.92 Å². The van der Waals surface area contributed by atoms with Crippen molar-refractivity contribution in [3.63, 3.8) is 0 Å². The summed E-state index contributed by atoms with van der Waals surface area (Å²) in [6.07, 6.45) is 0.932. The van der Waals surface area contributed by atoms with Gasteiger partial charge in [0.05, 0.1) is 6.42 Å². The molecule has 1 aromatic carbocycles. The molecule has 2 atom stereocenters. The number of nitrogens with zero attached hydrogens (tertiary/aromatic N) is 1. The van der Waals surface area contributed by atoms with Gasteiger partial charge in [0.1, 0.15) is 0 Å². The lowest BCUT2D eigenvalue weighted by Gasteiger charge is -2.23. The van der Waals surface area contributed by atoms with Gasteiger partial charge in [0, 0.05) is 31.2 Å². The maximum absolute atomic E-state index is 13.6. The number of hydrogen-bond donors (Lipinski definition) is 1. The third kappa shape index (κ3) is 2.23. The first kappa shape index (κ1) is 12.5. The molecule has 0 bridgehead atoms. The molecule has 0 aliphatic carbocycles. The summed E-state index contributed by atoms with van der Waals surface area (Å²) in [6.45, 7) is 2.48. The zero-order chi connectivity index (χ0) is 13.4. The van der Waals surface area contributed by atoms with Gasteiger partial charge in [0.2, 0.25) is 5.91 Å². The highest BCUT2D eigenvalue weighted by molar-refractivity contribution is 5.79. The zero-order valence-electron chi connectivity index (χ0n) is 10.5. The van der Waals surface area contributed by atoms with Crippen LogP contribution in [-0.2, 0) is 11.2 Å². The molecular formula is C14H16F2N2O. The highest BCUT2D eigenvalue weighted by atomic mass is 19.2. The molecule has 2 aliphatic rings. The van der Waals surface area contributed by atoms with Crippen LogP contribution >= 0.6 is 0 Å². The van der Waals surface area contributed by atoms with Crippen LogP contribution in [0.3, 0.4) is 0 Å². The Morgan fingerprint density at radius 2 is 2.21 bits per heavy atom. The van der Waals surface area contributed by atoms with Crippen LogP contribution in [0.25, 0.3) is 0 Å². The van der Waals surface area contributed by atoms with Gasteiger partial charge in [-0.3, -0.25) is 4.79 Å². The third-order valence-corrected chi connectivity index (χ3v) is 4.14. The molecule has 2 fully saturated rings. The lowest BCUT2D eigenvalue weighted by molar-refractivity contribution is -0.131. The summed E-state index contributed by atoms with van der Waals surface area (Å²) in [4.78, 5) is 14.0. The molecule has 1 N–H and O–H groups in total. The Bertz CT molecular complexity index is 506. The summed E-state index contributed by atoms with van der Waals surface area (Å²) in [5.74, 6) is -1.40. The molecule has 0 unspecified atom stereocenters. The summed E-state index contributed by atoms with van der Waals surface area (Å²) in [5, 5.41) is 3.27. The quantitative estimate of drug-likeness (QED) is 0.876. The van der Waals surface area contributed by atoms with Crippen molar-refractivity contribution in [1.29, 1.82) is 0 Å². The predicted octanol–water partition coefficient (Wildman–Crippen LogP) is 1.33. The van der Waals surface area contributed by atoms with Gasteiger partial charge < -0.3 is 10.2 Å². The average molecular weight is 266 g/mol. The molecule has 2 aliphatic heterocycles. The third-order valence-electron chi connectivity index (χ3n) is 4.14. The van der Waals surface area contributed by atoms with Crippen LogP contribution in [0.15, 0.2) is 18.2 Å². The molecule has 3 nitrogen and oxygen atoms in total. The van der Waals surface area contributed by atoms with Crippen LogP contribution in [0.1, 0.15) is 12.0 Å². The minimum atomic E-state index is -0.906. The van der Waals surface area contributed by atoms with E-state index in [2.05, 4.69) is 5.32 Å². The van der Waals surface area contributed by atoms with Gasteiger partial charge in [-0.15, -0.1) is 0 Å². The van der Waals surface area contributed by atoms with Crippen LogP contribution in [0.4, 0.5) is 8.78 Å². The standard InChI is InChI=1S/C14H16F2N2O/c15-11-3-1-2-9(14(11)16)6-13(19)18-5-4-10-7-17-8-12(10)18/h1-3,10,12,17H,4-8H2/t10-,12+/m0/s1. The SMILES string of the molecule is O=C(Cc1cccc(F)c1F)N1CC[C@H]2CNC[C@H]21. The predicted molar refractivity (Wildman–Crippen MR) is 66.5 cm³/mol. The molecule has 3 rings (SSSR count). The molecule has 2 saturated heterocycles. The molecule has 0 aromatic heterocycles. The first-order valence-corrected chi connectivity index (χ1v) is 6.60. The van der Waals surface area contributed by atoms with Crippen molar-refractivity contribution in [3.05, 3.63) is 35.4 Å². The van der Waals surface area contributed by atoms with Crippen LogP contribution in [-0.4, -0.2) is 36.5 Å². The molecule has 5 heteroatoms. The Labute approximate surface area is 110 Å². The second-order valence-electron chi connectivity index (χ2n) is 5.25. The van der Waals surface area contributed by atoms with E-state index >= 15 is 0 Å². The Morgan fingerprint density at radius 3 is 3.05 bits per heavy atom. The number of benzene rings is 1. The van der Waals surface area contributed by atoms with E-state index in [1.54, 1.807) is 0 Å². The van der Waals surface area contributed by atoms with E-state index in [1.165, 1.54) is 12.1 Å². The smallest absolute Gasteiger partial charge is 0.227 e. The van der Waals surface area contributed by atoms with Gasteiger partial charge in [-0.2, -0.15) is 0 Å². The van der Waals surface area contributed by atoms with E-state index in [9.17, 15) is 13.6 Å². The maximum atomic E-state index is 13.6. The molecule has 2 heterocycles. The number of carbonyl (C=O) groups excluding carboxylic acids is 1. The van der Waals surface area contributed by atoms with Gasteiger partial charge in [0.25, 0.3) is 0 Å². The molecule has 0 radical (unpaired) electrons. The number of hydrogen-bond acceptors (Lipinski definition) is 2. The molecular weight excluding hydrogens is 250 g/mol. The van der Waals surface area contributed by atoms with Gasteiger partial charge in [-0.25, -0.2) is 8.78 Å². The van der Waals surface area contributed by atoms with Gasteiger partial charge in [-0.1, -0.05) is 12.1 Å². The normalized spacial score (nSPS) is 25.7. The maximum Gasteiger partial charge on any atom is 0.227 e. The fourth-order valence-corrected chi connectivity index (χ4v) is 3.11. The summed E-state index contributed by atoms with van der Waals surface area (Å²) in [6, 6.07) is 4.20. The summed E-state index contributed by atoms with van der Waals surface area (Å²) in [7, 11) is 0. The van der Waals surface area contributed by atoms with E-state index in [0.29, 0.717) is 5.92 Å². The van der Waals surface area contributed by atoms with E-state index < -0.39 is 11.6 Å². The molecule has 0 saturated carbocycles. The number of likely N-dealkylation sites (tertiary alicyclic amines) is 1. The molecule has 1 amide bonds. The fraction of sp³-hybridized carbons (Fsp3) is 0.500. The summed E-state index contributed by atoms with van der Waals surface area (Å²) in [5.41, 5.74) is 0.138. The van der Waals surface area contributed by atoms with Gasteiger partial charge in [-0.05, 0) is 18.4 Å². The Morgan fingerprint density at radius 1 is 1.37 bits per heavy atom. The van der Waals surface area contributed by atoms with Gasteiger partial charge >= 0.3 is 0 Å². The van der Waals surface area contributed by atoms with Crippen LogP contribution < -0.4 is 5.32 Å². The van der Waals surface area contributed by atoms with Crippen LogP contribution in [0.2, 0.25) is 0 Å². The van der Waals surface area contributed by atoms with Crippen molar-refractivity contribution in [2.45, 2.75) is 18.9 Å². The Balaban J connectivity index is 1.73. The Kier molecular flexibility index (Phi) is 3.22. The number of rotatable bonds is 2. The fourth-order valence-electron chi connectivity index (χ4n) is 3.11. The number of fused-ring (bicyclic) bond motifs is 1. The average Bonchev–Trinajstić information content (AvgIpc) is 2.96. The van der Waals surface area contributed by atoms with E-state index in [4.69, 9.17) is 0 Å². The monoisotopic (exact) mass is 266 g/mol. The van der Waals surface area contributed by atoms with Crippen molar-refractivity contribution >= 4 is 5.91 Å². The number of carbonyl (C=O) groups is 1. The first-order chi connectivity index (χ1) is 9.16. The molecule has 0 spiro atoms. The highest BCUT2D eigenvalue weighted by Gasteiger charge is 2.39. The largest absolute Gasteiger partial charge is 0.338 e. The zero-order valence-corrected chi connectivity index (χ0v) is 10.5. The second-order valence-corrected chi connectivity index (χ2v) is 5.25. The van der Waals surface area contributed by atoms with E-state index in [0.717, 1.165) is 32.1 Å². The molecule has 102 valence electrons. The van der Waals surface area contributed by atoms with E-state index in [-0.39, 0.29) is 23.9 Å². The highest BCUT2D eigenvalue weighted by Crippen LogP contribution is 2.27. The lowest BCUT2D eigenvalue weighted by Crippen LogP contribution is -2.40. The summed E-state index contributed by atoms with van der Waals surface area (Å²) >= 11 is 0. The van der Waals surface area contributed by atoms with E-state index in [1.807, 2.05) is 4.90 Å². The minimum absolute atomic E-state index is 0.0627. The number of nitrogens with one attached hydrogen (secondary N) is 1. The molecule has 19 heavy (non-hydrogen) atoms. The lowest BCUT2D eigenvalue weighted by atomic mass is 10.0. The topological polar surface area (TPSA) is 32.3 Å². The van der Waals surface area contributed by atoms with Crippen molar-refractivity contribution in [2.75, 3.05) is 19.6 Å². The van der Waals surface area contributed by atoms with Crippen molar-refractivity contribution in [1.82, 2.24) is 10.2 Å².